The van der Waals surface area contributed by atoms with Crippen LogP contribution in [0.2, 0.25) is 0 Å². The maximum Gasteiger partial charge on any atom is 0.220 e. The minimum atomic E-state index is 0.176. The van der Waals surface area contributed by atoms with Crippen LogP contribution in [0, 0.1) is 0 Å². The number of amides is 1. The van der Waals surface area contributed by atoms with Crippen LogP contribution in [0.5, 0.6) is 0 Å². The van der Waals surface area contributed by atoms with Crippen LogP contribution in [-0.4, -0.2) is 25.5 Å². The van der Waals surface area contributed by atoms with Gasteiger partial charge in [-0.1, -0.05) is 13.8 Å². The standard InChI is InChI=1S/C9H20N2O/c1-3-7-11-9(12)6-5-8-10-4-2/h10H,3-8H2,1-2H3,(H,11,12). The van der Waals surface area contributed by atoms with E-state index in [0.29, 0.717) is 6.42 Å². The summed E-state index contributed by atoms with van der Waals surface area (Å²) >= 11 is 0. The maximum atomic E-state index is 11.0. The van der Waals surface area contributed by atoms with Crippen molar-refractivity contribution in [3.63, 3.8) is 0 Å². The molecule has 3 nitrogen and oxygen atoms in total. The molecular weight excluding hydrogens is 152 g/mol. The molecule has 0 saturated heterocycles. The number of hydrogen-bond donors (Lipinski definition) is 2. The van der Waals surface area contributed by atoms with Crippen LogP contribution >= 0.6 is 0 Å². The highest BCUT2D eigenvalue weighted by atomic mass is 16.1. The third-order valence-electron chi connectivity index (χ3n) is 1.58. The summed E-state index contributed by atoms with van der Waals surface area (Å²) < 4.78 is 0. The number of hydrogen-bond acceptors (Lipinski definition) is 2. The summed E-state index contributed by atoms with van der Waals surface area (Å²) in [5.74, 6) is 0.176. The summed E-state index contributed by atoms with van der Waals surface area (Å²) in [6.45, 7) is 6.85. The van der Waals surface area contributed by atoms with Gasteiger partial charge < -0.3 is 10.6 Å². The third-order valence-corrected chi connectivity index (χ3v) is 1.58. The van der Waals surface area contributed by atoms with Crippen molar-refractivity contribution in [1.29, 1.82) is 0 Å². The second kappa shape index (κ2) is 8.53. The highest BCUT2D eigenvalue weighted by Gasteiger charge is 1.97. The summed E-state index contributed by atoms with van der Waals surface area (Å²) in [7, 11) is 0. The lowest BCUT2D eigenvalue weighted by atomic mass is 10.3. The van der Waals surface area contributed by atoms with Crippen molar-refractivity contribution >= 4 is 5.91 Å². The number of nitrogens with one attached hydrogen (secondary N) is 2. The lowest BCUT2D eigenvalue weighted by Gasteiger charge is -2.03. The van der Waals surface area contributed by atoms with Crippen LogP contribution < -0.4 is 10.6 Å². The molecule has 0 unspecified atom stereocenters. The lowest BCUT2D eigenvalue weighted by Crippen LogP contribution is -2.25. The first-order valence-electron chi connectivity index (χ1n) is 4.78. The Balaban J connectivity index is 3.08. The Morgan fingerprint density at radius 2 is 2.00 bits per heavy atom. The molecular formula is C9H20N2O. The normalized spacial score (nSPS) is 9.83. The summed E-state index contributed by atoms with van der Waals surface area (Å²) in [4.78, 5) is 11.0. The Kier molecular flexibility index (Phi) is 8.12. The summed E-state index contributed by atoms with van der Waals surface area (Å²) in [5.41, 5.74) is 0. The molecule has 72 valence electrons. The van der Waals surface area contributed by atoms with Crippen molar-refractivity contribution in [2.45, 2.75) is 33.1 Å². The zero-order valence-electron chi connectivity index (χ0n) is 8.15. The van der Waals surface area contributed by atoms with Crippen LogP contribution in [0.25, 0.3) is 0 Å². The lowest BCUT2D eigenvalue weighted by molar-refractivity contribution is -0.121. The van der Waals surface area contributed by atoms with E-state index < -0.39 is 0 Å². The van der Waals surface area contributed by atoms with E-state index in [1.165, 1.54) is 0 Å². The van der Waals surface area contributed by atoms with E-state index in [-0.39, 0.29) is 5.91 Å². The predicted octanol–water partition coefficient (Wildman–Crippen LogP) is 0.902. The molecule has 0 heterocycles. The average molecular weight is 172 g/mol. The second-order valence-electron chi connectivity index (χ2n) is 2.81. The van der Waals surface area contributed by atoms with Gasteiger partial charge in [0.05, 0.1) is 0 Å². The Morgan fingerprint density at radius 3 is 2.58 bits per heavy atom. The van der Waals surface area contributed by atoms with Crippen molar-refractivity contribution in [3.05, 3.63) is 0 Å². The maximum absolute atomic E-state index is 11.0. The minimum absolute atomic E-state index is 0.176. The molecule has 0 aromatic heterocycles. The molecule has 0 spiro atoms. The van der Waals surface area contributed by atoms with E-state index in [1.54, 1.807) is 0 Å². The Bertz CT molecular complexity index is 115. The topological polar surface area (TPSA) is 41.1 Å². The average Bonchev–Trinajstić information content (AvgIpc) is 2.09. The van der Waals surface area contributed by atoms with Crippen LogP contribution in [0.4, 0.5) is 0 Å². The molecule has 12 heavy (non-hydrogen) atoms. The van der Waals surface area contributed by atoms with Crippen LogP contribution in [-0.2, 0) is 4.79 Å². The Morgan fingerprint density at radius 1 is 1.25 bits per heavy atom. The molecule has 0 aliphatic carbocycles. The van der Waals surface area contributed by atoms with E-state index >= 15 is 0 Å². The van der Waals surface area contributed by atoms with Gasteiger partial charge in [-0.2, -0.15) is 0 Å². The van der Waals surface area contributed by atoms with Crippen molar-refractivity contribution < 1.29 is 4.79 Å². The summed E-state index contributed by atoms with van der Waals surface area (Å²) in [5, 5.41) is 6.02. The molecule has 0 aliphatic heterocycles. The summed E-state index contributed by atoms with van der Waals surface area (Å²) in [6, 6.07) is 0. The van der Waals surface area contributed by atoms with Crippen molar-refractivity contribution in [2.75, 3.05) is 19.6 Å². The van der Waals surface area contributed by atoms with Gasteiger partial charge in [-0.3, -0.25) is 4.79 Å². The molecule has 2 N–H and O–H groups in total. The molecule has 0 aliphatic rings. The number of carbonyl (C=O) groups is 1. The SMILES string of the molecule is CCCNC(=O)CCCNCC. The first kappa shape index (κ1) is 11.4. The quantitative estimate of drug-likeness (QED) is 0.560. The molecule has 0 rings (SSSR count). The van der Waals surface area contributed by atoms with E-state index in [1.807, 2.05) is 0 Å². The van der Waals surface area contributed by atoms with Gasteiger partial charge in [-0.15, -0.1) is 0 Å². The van der Waals surface area contributed by atoms with Crippen LogP contribution in [0.15, 0.2) is 0 Å². The molecule has 1 amide bonds. The third kappa shape index (κ3) is 7.54. The van der Waals surface area contributed by atoms with Gasteiger partial charge in [0.25, 0.3) is 0 Å². The second-order valence-corrected chi connectivity index (χ2v) is 2.81. The fourth-order valence-corrected chi connectivity index (χ4v) is 0.904. The molecule has 0 radical (unpaired) electrons. The molecule has 3 heteroatoms. The Hall–Kier alpha value is -0.570. The van der Waals surface area contributed by atoms with Crippen molar-refractivity contribution in [2.24, 2.45) is 0 Å². The zero-order chi connectivity index (χ0) is 9.23. The first-order valence-corrected chi connectivity index (χ1v) is 4.78. The predicted molar refractivity (Wildman–Crippen MR) is 51.1 cm³/mol. The van der Waals surface area contributed by atoms with Crippen LogP contribution in [0.1, 0.15) is 33.1 Å². The van der Waals surface area contributed by atoms with Crippen LogP contribution in [0.3, 0.4) is 0 Å². The molecule has 0 atom stereocenters. The van der Waals surface area contributed by atoms with E-state index in [4.69, 9.17) is 0 Å². The molecule has 0 aromatic rings. The van der Waals surface area contributed by atoms with Crippen molar-refractivity contribution in [3.8, 4) is 0 Å². The van der Waals surface area contributed by atoms with Gasteiger partial charge in [-0.05, 0) is 25.9 Å². The number of rotatable bonds is 7. The fraction of sp³-hybridized carbons (Fsp3) is 0.889. The van der Waals surface area contributed by atoms with Gasteiger partial charge in [0, 0.05) is 13.0 Å². The Labute approximate surface area is 74.9 Å². The van der Waals surface area contributed by atoms with E-state index in [9.17, 15) is 4.79 Å². The van der Waals surface area contributed by atoms with Gasteiger partial charge >= 0.3 is 0 Å². The minimum Gasteiger partial charge on any atom is -0.356 e. The van der Waals surface area contributed by atoms with E-state index in [0.717, 1.165) is 32.5 Å². The smallest absolute Gasteiger partial charge is 0.220 e. The van der Waals surface area contributed by atoms with Crippen molar-refractivity contribution in [1.82, 2.24) is 10.6 Å². The molecule has 0 saturated carbocycles. The number of carbonyl (C=O) groups excluding carboxylic acids is 1. The molecule has 0 bridgehead atoms. The molecule has 0 aromatic carbocycles. The van der Waals surface area contributed by atoms with Gasteiger partial charge in [-0.25, -0.2) is 0 Å². The summed E-state index contributed by atoms with van der Waals surface area (Å²) in [6.07, 6.45) is 2.59. The zero-order valence-corrected chi connectivity index (χ0v) is 8.15. The largest absolute Gasteiger partial charge is 0.356 e. The first-order chi connectivity index (χ1) is 5.81. The fourth-order valence-electron chi connectivity index (χ4n) is 0.904. The van der Waals surface area contributed by atoms with Gasteiger partial charge in [0.2, 0.25) is 5.91 Å². The van der Waals surface area contributed by atoms with Gasteiger partial charge in [0.1, 0.15) is 0 Å². The highest BCUT2D eigenvalue weighted by molar-refractivity contribution is 5.75. The van der Waals surface area contributed by atoms with Gasteiger partial charge in [0.15, 0.2) is 0 Å². The van der Waals surface area contributed by atoms with E-state index in [2.05, 4.69) is 24.5 Å². The highest BCUT2D eigenvalue weighted by Crippen LogP contribution is 1.86. The molecule has 0 fully saturated rings. The monoisotopic (exact) mass is 172 g/mol.